The summed E-state index contributed by atoms with van der Waals surface area (Å²) in [5.41, 5.74) is 1.35. The number of hydrogen-bond acceptors (Lipinski definition) is 5. The molecule has 2 heterocycles. The molecule has 1 N–H and O–H groups in total. The second-order valence-corrected chi connectivity index (χ2v) is 5.89. The summed E-state index contributed by atoms with van der Waals surface area (Å²) in [7, 11) is 0. The van der Waals surface area contributed by atoms with Gasteiger partial charge in [0.15, 0.2) is 6.61 Å². The average molecular weight is 336 g/mol. The fourth-order valence-electron chi connectivity index (χ4n) is 2.73. The fourth-order valence-corrected chi connectivity index (χ4v) is 2.73. The van der Waals surface area contributed by atoms with Crippen molar-refractivity contribution in [1.29, 1.82) is 5.26 Å². The Bertz CT molecular complexity index is 762. The number of carbonyl (C=O) groups excluding carboxylic acids is 1. The summed E-state index contributed by atoms with van der Waals surface area (Å²) in [5, 5.41) is 11.8. The molecule has 1 fully saturated rings. The number of amides is 1. The van der Waals surface area contributed by atoms with Crippen molar-refractivity contribution in [1.82, 2.24) is 10.3 Å². The molecule has 6 nitrogen and oxygen atoms in total. The molecule has 1 aliphatic heterocycles. The van der Waals surface area contributed by atoms with E-state index in [1.165, 1.54) is 12.8 Å². The Hall–Kier alpha value is -3.07. The van der Waals surface area contributed by atoms with Crippen molar-refractivity contribution in [3.8, 4) is 11.8 Å². The number of nitriles is 1. The first kappa shape index (κ1) is 16.8. The van der Waals surface area contributed by atoms with Gasteiger partial charge in [-0.1, -0.05) is 18.2 Å². The van der Waals surface area contributed by atoms with Gasteiger partial charge in [0.25, 0.3) is 5.91 Å². The molecule has 1 aromatic heterocycles. The van der Waals surface area contributed by atoms with Crippen LogP contribution in [0.1, 0.15) is 24.0 Å². The first-order chi connectivity index (χ1) is 12.3. The van der Waals surface area contributed by atoms with Crippen LogP contribution in [-0.2, 0) is 11.3 Å². The molecule has 0 spiro atoms. The van der Waals surface area contributed by atoms with Gasteiger partial charge in [-0.25, -0.2) is 4.98 Å². The van der Waals surface area contributed by atoms with Gasteiger partial charge >= 0.3 is 0 Å². The monoisotopic (exact) mass is 336 g/mol. The molecule has 128 valence electrons. The van der Waals surface area contributed by atoms with Crippen LogP contribution in [0, 0.1) is 11.3 Å². The van der Waals surface area contributed by atoms with Crippen molar-refractivity contribution in [2.24, 2.45) is 0 Å². The number of ether oxygens (including phenoxy) is 1. The quantitative estimate of drug-likeness (QED) is 0.875. The lowest BCUT2D eigenvalue weighted by atomic mass is 10.2. The van der Waals surface area contributed by atoms with Crippen LogP contribution in [0.2, 0.25) is 0 Å². The lowest BCUT2D eigenvalue weighted by Gasteiger charge is -2.16. The highest BCUT2D eigenvalue weighted by Gasteiger charge is 2.13. The predicted octanol–water partition coefficient (Wildman–Crippen LogP) is 2.25. The van der Waals surface area contributed by atoms with E-state index >= 15 is 0 Å². The van der Waals surface area contributed by atoms with E-state index in [9.17, 15) is 4.79 Å². The molecule has 2 aromatic rings. The second-order valence-electron chi connectivity index (χ2n) is 5.89. The molecule has 1 aromatic carbocycles. The lowest BCUT2D eigenvalue weighted by molar-refractivity contribution is -0.123. The van der Waals surface area contributed by atoms with Crippen molar-refractivity contribution in [3.05, 3.63) is 53.7 Å². The molecule has 0 bridgehead atoms. The molecule has 0 unspecified atom stereocenters. The van der Waals surface area contributed by atoms with E-state index in [4.69, 9.17) is 10.00 Å². The number of nitrogens with zero attached hydrogens (tertiary/aromatic N) is 3. The Morgan fingerprint density at radius 2 is 2.04 bits per heavy atom. The van der Waals surface area contributed by atoms with E-state index in [-0.39, 0.29) is 12.5 Å². The predicted molar refractivity (Wildman–Crippen MR) is 94.2 cm³/mol. The Morgan fingerprint density at radius 1 is 1.24 bits per heavy atom. The number of aromatic nitrogens is 1. The van der Waals surface area contributed by atoms with E-state index in [2.05, 4.69) is 15.2 Å². The van der Waals surface area contributed by atoms with Gasteiger partial charge < -0.3 is 15.0 Å². The first-order valence-electron chi connectivity index (χ1n) is 8.35. The van der Waals surface area contributed by atoms with Crippen LogP contribution >= 0.6 is 0 Å². The van der Waals surface area contributed by atoms with Crippen molar-refractivity contribution in [2.45, 2.75) is 19.4 Å². The van der Waals surface area contributed by atoms with Gasteiger partial charge in [-0.05, 0) is 36.6 Å². The van der Waals surface area contributed by atoms with E-state index in [0.29, 0.717) is 17.9 Å². The van der Waals surface area contributed by atoms with E-state index < -0.39 is 0 Å². The largest absolute Gasteiger partial charge is 0.482 e. The molecular weight excluding hydrogens is 316 g/mol. The molecular formula is C19H20N4O2. The Kier molecular flexibility index (Phi) is 5.47. The van der Waals surface area contributed by atoms with Crippen LogP contribution < -0.4 is 15.0 Å². The molecule has 25 heavy (non-hydrogen) atoms. The topological polar surface area (TPSA) is 78.2 Å². The Balaban J connectivity index is 1.46. The third-order valence-corrected chi connectivity index (χ3v) is 4.10. The average Bonchev–Trinajstić information content (AvgIpc) is 3.20. The maximum absolute atomic E-state index is 11.9. The fraction of sp³-hybridized carbons (Fsp3) is 0.316. The van der Waals surface area contributed by atoms with Gasteiger partial charge in [-0.15, -0.1) is 0 Å². The van der Waals surface area contributed by atoms with E-state index in [0.717, 1.165) is 24.5 Å². The number of benzene rings is 1. The normalized spacial score (nSPS) is 13.3. The summed E-state index contributed by atoms with van der Waals surface area (Å²) in [6.45, 7) is 2.39. The van der Waals surface area contributed by atoms with Crippen LogP contribution in [0.5, 0.6) is 5.75 Å². The van der Waals surface area contributed by atoms with Gasteiger partial charge in [0.2, 0.25) is 0 Å². The van der Waals surface area contributed by atoms with Gasteiger partial charge in [-0.3, -0.25) is 4.79 Å². The molecule has 1 aliphatic rings. The number of hydrogen-bond donors (Lipinski definition) is 1. The van der Waals surface area contributed by atoms with Crippen molar-refractivity contribution < 1.29 is 9.53 Å². The number of para-hydroxylation sites is 1. The van der Waals surface area contributed by atoms with Gasteiger partial charge in [0.05, 0.1) is 5.56 Å². The molecule has 1 amide bonds. The summed E-state index contributed by atoms with van der Waals surface area (Å²) in [6.07, 6.45) is 4.22. The minimum absolute atomic E-state index is 0.127. The van der Waals surface area contributed by atoms with Gasteiger partial charge in [0, 0.05) is 25.8 Å². The molecule has 0 saturated carbocycles. The van der Waals surface area contributed by atoms with Crippen LogP contribution in [0.15, 0.2) is 42.6 Å². The number of pyridine rings is 1. The van der Waals surface area contributed by atoms with E-state index in [1.54, 1.807) is 30.5 Å². The minimum Gasteiger partial charge on any atom is -0.482 e. The highest BCUT2D eigenvalue weighted by atomic mass is 16.5. The van der Waals surface area contributed by atoms with Crippen LogP contribution in [0.3, 0.4) is 0 Å². The zero-order chi connectivity index (χ0) is 17.5. The van der Waals surface area contributed by atoms with E-state index in [1.807, 2.05) is 18.2 Å². The second kappa shape index (κ2) is 8.15. The first-order valence-corrected chi connectivity index (χ1v) is 8.35. The molecule has 0 radical (unpaired) electrons. The lowest BCUT2D eigenvalue weighted by Crippen LogP contribution is -2.28. The highest BCUT2D eigenvalue weighted by Crippen LogP contribution is 2.18. The minimum atomic E-state index is -0.239. The molecule has 0 aliphatic carbocycles. The number of nitrogens with one attached hydrogen (secondary N) is 1. The molecule has 6 heteroatoms. The van der Waals surface area contributed by atoms with Crippen LogP contribution in [0.4, 0.5) is 5.82 Å². The summed E-state index contributed by atoms with van der Waals surface area (Å²) in [4.78, 5) is 18.6. The molecule has 1 saturated heterocycles. The van der Waals surface area contributed by atoms with Gasteiger partial charge in [-0.2, -0.15) is 5.26 Å². The van der Waals surface area contributed by atoms with Crippen molar-refractivity contribution in [3.63, 3.8) is 0 Å². The van der Waals surface area contributed by atoms with Crippen LogP contribution in [-0.4, -0.2) is 30.6 Å². The highest BCUT2D eigenvalue weighted by molar-refractivity contribution is 5.77. The van der Waals surface area contributed by atoms with Crippen molar-refractivity contribution in [2.75, 3.05) is 24.6 Å². The number of carbonyl (C=O) groups is 1. The molecule has 0 atom stereocenters. The smallest absolute Gasteiger partial charge is 0.258 e. The molecule has 3 rings (SSSR count). The zero-order valence-electron chi connectivity index (χ0n) is 13.9. The summed E-state index contributed by atoms with van der Waals surface area (Å²) >= 11 is 0. The Labute approximate surface area is 147 Å². The van der Waals surface area contributed by atoms with Crippen LogP contribution in [0.25, 0.3) is 0 Å². The SMILES string of the molecule is N#Cc1ccccc1OCC(=O)NCc1ccc(N2CCCC2)nc1. The summed E-state index contributed by atoms with van der Waals surface area (Å²) in [5.74, 6) is 1.16. The standard InChI is InChI=1S/C19H20N4O2/c20-11-16-5-1-2-6-17(16)25-14-19(24)22-13-15-7-8-18(21-12-15)23-9-3-4-10-23/h1-2,5-8,12H,3-4,9-10,13-14H2,(H,22,24). The summed E-state index contributed by atoms with van der Waals surface area (Å²) in [6, 6.07) is 12.9. The summed E-state index contributed by atoms with van der Waals surface area (Å²) < 4.78 is 5.41. The zero-order valence-corrected chi connectivity index (χ0v) is 13.9. The Morgan fingerprint density at radius 3 is 2.76 bits per heavy atom. The van der Waals surface area contributed by atoms with Crippen molar-refractivity contribution >= 4 is 11.7 Å². The maximum Gasteiger partial charge on any atom is 0.258 e. The maximum atomic E-state index is 11.9. The third-order valence-electron chi connectivity index (χ3n) is 4.10. The van der Waals surface area contributed by atoms with Gasteiger partial charge in [0.1, 0.15) is 17.6 Å². The number of anilines is 1. The number of rotatable bonds is 6. The third kappa shape index (κ3) is 4.48.